The molecule has 1 saturated heterocycles. The molecule has 0 aromatic heterocycles. The van der Waals surface area contributed by atoms with Crippen LogP contribution < -0.4 is 10.2 Å². The van der Waals surface area contributed by atoms with Gasteiger partial charge in [-0.25, -0.2) is 0 Å². The molecule has 3 rings (SSSR count). The largest absolute Gasteiger partial charge is 0.396 e. The highest BCUT2D eigenvalue weighted by Crippen LogP contribution is 2.47. The van der Waals surface area contributed by atoms with Gasteiger partial charge in [-0.15, -0.1) is 0 Å². The number of hydrogen-bond acceptors (Lipinski definition) is 5. The van der Waals surface area contributed by atoms with Crippen molar-refractivity contribution < 1.29 is 19.8 Å². The number of nitrogens with one attached hydrogen (secondary N) is 1. The van der Waals surface area contributed by atoms with Crippen molar-refractivity contribution in [2.45, 2.75) is 31.1 Å². The van der Waals surface area contributed by atoms with Gasteiger partial charge in [0.2, 0.25) is 5.91 Å². The molecule has 1 aromatic carbocycles. The van der Waals surface area contributed by atoms with Crippen LogP contribution >= 0.6 is 0 Å². The minimum atomic E-state index is -0.554. The van der Waals surface area contributed by atoms with E-state index in [1.807, 2.05) is 12.1 Å². The van der Waals surface area contributed by atoms with Crippen LogP contribution in [0.2, 0.25) is 0 Å². The van der Waals surface area contributed by atoms with Crippen LogP contribution in [0.3, 0.4) is 0 Å². The number of carbonyl (C=O) groups excluding carboxylic acids is 2. The first kappa shape index (κ1) is 19.8. The van der Waals surface area contributed by atoms with Gasteiger partial charge in [-0.2, -0.15) is 0 Å². The molecule has 1 spiro atoms. The molecule has 0 unspecified atom stereocenters. The molecule has 0 bridgehead atoms. The summed E-state index contributed by atoms with van der Waals surface area (Å²) >= 11 is 0. The minimum Gasteiger partial charge on any atom is -0.396 e. The fraction of sp³-hybridized carbons (Fsp3) is 0.600. The third-order valence-corrected chi connectivity index (χ3v) is 5.81. The van der Waals surface area contributed by atoms with Gasteiger partial charge in [-0.1, -0.05) is 0 Å². The second-order valence-corrected chi connectivity index (χ2v) is 7.43. The molecule has 1 fully saturated rings. The van der Waals surface area contributed by atoms with Gasteiger partial charge < -0.3 is 25.3 Å². The molecule has 2 aliphatic heterocycles. The number of carbonyl (C=O) groups is 2. The number of aliphatic hydroxyl groups excluding tert-OH is 2. The maximum atomic E-state index is 13.1. The van der Waals surface area contributed by atoms with Gasteiger partial charge in [0, 0.05) is 44.6 Å². The Balaban J connectivity index is 1.82. The maximum absolute atomic E-state index is 13.1. The van der Waals surface area contributed by atoms with Crippen molar-refractivity contribution in [2.24, 2.45) is 0 Å². The summed E-state index contributed by atoms with van der Waals surface area (Å²) < 4.78 is 0. The van der Waals surface area contributed by atoms with Crippen LogP contribution in [0.15, 0.2) is 18.2 Å². The summed E-state index contributed by atoms with van der Waals surface area (Å²) in [4.78, 5) is 29.5. The fourth-order valence-electron chi connectivity index (χ4n) is 4.22. The zero-order chi connectivity index (χ0) is 19.4. The average molecular weight is 375 g/mol. The summed E-state index contributed by atoms with van der Waals surface area (Å²) in [6.45, 7) is 3.12. The Morgan fingerprint density at radius 3 is 2.56 bits per heavy atom. The Labute approximate surface area is 160 Å². The van der Waals surface area contributed by atoms with E-state index in [1.54, 1.807) is 18.0 Å². The number of amides is 2. The van der Waals surface area contributed by atoms with E-state index in [0.717, 1.165) is 50.1 Å². The van der Waals surface area contributed by atoms with Crippen molar-refractivity contribution in [3.05, 3.63) is 29.3 Å². The number of rotatable bonds is 7. The third-order valence-electron chi connectivity index (χ3n) is 5.81. The molecule has 27 heavy (non-hydrogen) atoms. The topological polar surface area (TPSA) is 93.1 Å². The molecule has 0 atom stereocenters. The van der Waals surface area contributed by atoms with Crippen LogP contribution in [0, 0.1) is 0 Å². The summed E-state index contributed by atoms with van der Waals surface area (Å²) in [5, 5.41) is 20.7. The van der Waals surface area contributed by atoms with E-state index in [1.165, 1.54) is 0 Å². The van der Waals surface area contributed by atoms with Crippen LogP contribution in [0.1, 0.15) is 41.6 Å². The number of benzene rings is 1. The number of fused-ring (bicyclic) bond motifs is 2. The molecule has 7 heteroatoms. The number of aliphatic hydroxyl groups is 2. The zero-order valence-electron chi connectivity index (χ0n) is 15.9. The molecular weight excluding hydrogens is 346 g/mol. The van der Waals surface area contributed by atoms with Gasteiger partial charge in [0.1, 0.15) is 0 Å². The fourth-order valence-corrected chi connectivity index (χ4v) is 4.22. The van der Waals surface area contributed by atoms with Gasteiger partial charge in [0.15, 0.2) is 0 Å². The molecule has 2 amide bonds. The number of likely N-dealkylation sites (tertiary alicyclic amines) is 1. The van der Waals surface area contributed by atoms with Crippen molar-refractivity contribution in [3.8, 4) is 0 Å². The summed E-state index contributed by atoms with van der Waals surface area (Å²) in [7, 11) is 1.80. The van der Waals surface area contributed by atoms with Gasteiger partial charge in [-0.3, -0.25) is 9.59 Å². The number of anilines is 1. The normalized spacial score (nSPS) is 18.8. The number of likely N-dealkylation sites (N-methyl/N-ethyl adjacent to an activating group) is 1. The van der Waals surface area contributed by atoms with E-state index < -0.39 is 5.41 Å². The Kier molecular flexibility index (Phi) is 6.14. The minimum absolute atomic E-state index is 0.0413. The summed E-state index contributed by atoms with van der Waals surface area (Å²) in [5.74, 6) is -0.0686. The number of piperidine rings is 1. The predicted molar refractivity (Wildman–Crippen MR) is 103 cm³/mol. The monoisotopic (exact) mass is 375 g/mol. The highest BCUT2D eigenvalue weighted by atomic mass is 16.3. The summed E-state index contributed by atoms with van der Waals surface area (Å²) in [6, 6.07) is 5.49. The average Bonchev–Trinajstić information content (AvgIpc) is 2.89. The molecular formula is C20H29N3O4. The highest BCUT2D eigenvalue weighted by molar-refractivity contribution is 6.09. The maximum Gasteiger partial charge on any atom is 0.251 e. The predicted octanol–water partition coefficient (Wildman–Crippen LogP) is 0.491. The first-order chi connectivity index (χ1) is 13.0. The van der Waals surface area contributed by atoms with Crippen LogP contribution in [0.5, 0.6) is 0 Å². The summed E-state index contributed by atoms with van der Waals surface area (Å²) in [6.07, 6.45) is 2.72. The Bertz CT molecular complexity index is 698. The zero-order valence-corrected chi connectivity index (χ0v) is 15.9. The first-order valence-corrected chi connectivity index (χ1v) is 9.68. The van der Waals surface area contributed by atoms with Crippen LogP contribution in [-0.4, -0.2) is 73.4 Å². The van der Waals surface area contributed by atoms with Crippen molar-refractivity contribution in [2.75, 3.05) is 51.3 Å². The standard InChI is InChI=1S/C20H29N3O4/c1-22-17-5-4-15(18(26)21-8-2-12-24)14-16(17)20(19(22)27)6-10-23(11-7-20)9-3-13-25/h4-5,14,24-25H,2-3,6-13H2,1H3,(H,21,26). The van der Waals surface area contributed by atoms with E-state index >= 15 is 0 Å². The van der Waals surface area contributed by atoms with E-state index in [0.29, 0.717) is 18.5 Å². The van der Waals surface area contributed by atoms with Crippen molar-refractivity contribution in [1.29, 1.82) is 0 Å². The van der Waals surface area contributed by atoms with Gasteiger partial charge >= 0.3 is 0 Å². The third kappa shape index (κ3) is 3.72. The molecule has 0 aliphatic carbocycles. The molecule has 2 aliphatic rings. The van der Waals surface area contributed by atoms with Crippen LogP contribution in [0.4, 0.5) is 5.69 Å². The van der Waals surface area contributed by atoms with Gasteiger partial charge in [-0.05, 0) is 62.5 Å². The number of hydrogen-bond donors (Lipinski definition) is 3. The molecule has 3 N–H and O–H groups in total. The second-order valence-electron chi connectivity index (χ2n) is 7.43. The lowest BCUT2D eigenvalue weighted by molar-refractivity contribution is -0.124. The Morgan fingerprint density at radius 1 is 1.19 bits per heavy atom. The van der Waals surface area contributed by atoms with E-state index in [4.69, 9.17) is 10.2 Å². The molecule has 1 aromatic rings. The SMILES string of the molecule is CN1C(=O)C2(CCN(CCCO)CC2)c2cc(C(=O)NCCCO)ccc21. The van der Waals surface area contributed by atoms with E-state index in [-0.39, 0.29) is 25.0 Å². The second kappa shape index (κ2) is 8.37. The summed E-state index contributed by atoms with van der Waals surface area (Å²) in [5.41, 5.74) is 1.83. The first-order valence-electron chi connectivity index (χ1n) is 9.68. The molecule has 7 nitrogen and oxygen atoms in total. The quantitative estimate of drug-likeness (QED) is 0.603. The van der Waals surface area contributed by atoms with Crippen molar-refractivity contribution >= 4 is 17.5 Å². The van der Waals surface area contributed by atoms with Crippen LogP contribution in [0.25, 0.3) is 0 Å². The lowest BCUT2D eigenvalue weighted by atomic mass is 9.73. The lowest BCUT2D eigenvalue weighted by Crippen LogP contribution is -2.48. The van der Waals surface area contributed by atoms with Gasteiger partial charge in [0.05, 0.1) is 5.41 Å². The van der Waals surface area contributed by atoms with Crippen molar-refractivity contribution in [1.82, 2.24) is 10.2 Å². The Morgan fingerprint density at radius 2 is 1.89 bits per heavy atom. The molecule has 2 heterocycles. The molecule has 0 saturated carbocycles. The van der Waals surface area contributed by atoms with E-state index in [2.05, 4.69) is 10.2 Å². The number of nitrogens with zero attached hydrogens (tertiary/aromatic N) is 2. The van der Waals surface area contributed by atoms with Crippen LogP contribution in [-0.2, 0) is 10.2 Å². The molecule has 0 radical (unpaired) electrons. The van der Waals surface area contributed by atoms with Gasteiger partial charge in [0.25, 0.3) is 5.91 Å². The molecule has 148 valence electrons. The van der Waals surface area contributed by atoms with E-state index in [9.17, 15) is 9.59 Å². The highest BCUT2D eigenvalue weighted by Gasteiger charge is 2.51. The Hall–Kier alpha value is -1.96. The lowest BCUT2D eigenvalue weighted by Gasteiger charge is -2.38. The smallest absolute Gasteiger partial charge is 0.251 e. The van der Waals surface area contributed by atoms with Crippen molar-refractivity contribution in [3.63, 3.8) is 0 Å².